The Morgan fingerprint density at radius 3 is 2.41 bits per heavy atom. The SMILES string of the molecule is CN(CC1CCN(OC(=O)OC(C)(C)C)CC1)c1cc(Nc2ccc(S(C)(=O)=O)cc2)ncn1. The lowest BCUT2D eigenvalue weighted by Gasteiger charge is -2.33. The van der Waals surface area contributed by atoms with Crippen molar-refractivity contribution in [3.8, 4) is 0 Å². The van der Waals surface area contributed by atoms with Crippen LogP contribution in [0.4, 0.5) is 22.1 Å². The van der Waals surface area contributed by atoms with E-state index in [9.17, 15) is 13.2 Å². The van der Waals surface area contributed by atoms with E-state index in [1.54, 1.807) is 50.1 Å². The summed E-state index contributed by atoms with van der Waals surface area (Å²) in [5.74, 6) is 1.82. The monoisotopic (exact) mass is 491 g/mol. The fourth-order valence-corrected chi connectivity index (χ4v) is 4.23. The van der Waals surface area contributed by atoms with Crippen LogP contribution >= 0.6 is 0 Å². The molecule has 10 nitrogen and oxygen atoms in total. The zero-order valence-electron chi connectivity index (χ0n) is 20.3. The number of nitrogens with one attached hydrogen (secondary N) is 1. The zero-order valence-corrected chi connectivity index (χ0v) is 21.1. The minimum atomic E-state index is -3.24. The van der Waals surface area contributed by atoms with Crippen LogP contribution in [-0.2, 0) is 19.4 Å². The lowest BCUT2D eigenvalue weighted by Crippen LogP contribution is -2.40. The van der Waals surface area contributed by atoms with Crippen molar-refractivity contribution in [2.24, 2.45) is 5.92 Å². The molecule has 1 aliphatic rings. The molecular formula is C23H33N5O5S. The summed E-state index contributed by atoms with van der Waals surface area (Å²) in [7, 11) is -1.25. The van der Waals surface area contributed by atoms with E-state index < -0.39 is 21.6 Å². The molecule has 1 aromatic heterocycles. The molecule has 2 heterocycles. The number of hydrogen-bond donors (Lipinski definition) is 1. The van der Waals surface area contributed by atoms with Crippen LogP contribution in [-0.4, -0.2) is 68.1 Å². The number of sulfone groups is 1. The van der Waals surface area contributed by atoms with Crippen LogP contribution in [0, 0.1) is 5.92 Å². The van der Waals surface area contributed by atoms with Crippen LogP contribution in [0.1, 0.15) is 33.6 Å². The highest BCUT2D eigenvalue weighted by atomic mass is 32.2. The maximum atomic E-state index is 11.9. The number of carbonyl (C=O) groups is 1. The number of rotatable bonds is 7. The summed E-state index contributed by atoms with van der Waals surface area (Å²) < 4.78 is 28.5. The number of hydrogen-bond acceptors (Lipinski definition) is 10. The first kappa shape index (κ1) is 25.7. The Labute approximate surface area is 201 Å². The molecule has 1 N–H and O–H groups in total. The minimum absolute atomic E-state index is 0.267. The molecule has 0 radical (unpaired) electrons. The van der Waals surface area contributed by atoms with E-state index in [1.165, 1.54) is 12.6 Å². The van der Waals surface area contributed by atoms with Crippen molar-refractivity contribution in [2.45, 2.75) is 44.1 Å². The van der Waals surface area contributed by atoms with Crippen molar-refractivity contribution in [1.82, 2.24) is 15.0 Å². The standard InChI is InChI=1S/C23H33N5O5S/c1-23(2,3)32-22(29)33-28-12-10-17(11-13-28)15-27(4)21-14-20(24-16-25-21)26-18-6-8-19(9-7-18)34(5,30)31/h6-9,14,16-17H,10-13,15H2,1-5H3,(H,24,25,26). The van der Waals surface area contributed by atoms with E-state index in [1.807, 2.05) is 13.1 Å². The van der Waals surface area contributed by atoms with Gasteiger partial charge in [0, 0.05) is 44.7 Å². The third-order valence-electron chi connectivity index (χ3n) is 5.30. The average Bonchev–Trinajstić information content (AvgIpc) is 2.74. The second-order valence-corrected chi connectivity index (χ2v) is 11.5. The van der Waals surface area contributed by atoms with Crippen LogP contribution in [0.15, 0.2) is 41.6 Å². The van der Waals surface area contributed by atoms with E-state index in [0.717, 1.165) is 30.9 Å². The number of carbonyl (C=O) groups excluding carboxylic acids is 1. The smallest absolute Gasteiger partial charge is 0.427 e. The molecule has 0 amide bonds. The summed E-state index contributed by atoms with van der Waals surface area (Å²) in [5.41, 5.74) is 0.153. The predicted octanol–water partition coefficient (Wildman–Crippen LogP) is 3.64. The van der Waals surface area contributed by atoms with Gasteiger partial charge >= 0.3 is 6.16 Å². The second kappa shape index (κ2) is 10.6. The van der Waals surface area contributed by atoms with Gasteiger partial charge in [-0.05, 0) is 63.8 Å². The Bertz CT molecular complexity index is 1080. The first-order chi connectivity index (χ1) is 15.9. The predicted molar refractivity (Wildman–Crippen MR) is 130 cm³/mol. The fourth-order valence-electron chi connectivity index (χ4n) is 3.60. The first-order valence-electron chi connectivity index (χ1n) is 11.2. The van der Waals surface area contributed by atoms with Gasteiger partial charge in [-0.25, -0.2) is 23.2 Å². The van der Waals surface area contributed by atoms with E-state index in [-0.39, 0.29) is 4.90 Å². The summed E-state index contributed by atoms with van der Waals surface area (Å²) in [4.78, 5) is 28.1. The molecule has 2 aromatic rings. The molecular weight excluding hydrogens is 458 g/mol. The topological polar surface area (TPSA) is 114 Å². The second-order valence-electron chi connectivity index (χ2n) is 9.49. The maximum absolute atomic E-state index is 11.9. The van der Waals surface area contributed by atoms with Crippen molar-refractivity contribution < 1.29 is 22.8 Å². The lowest BCUT2D eigenvalue weighted by atomic mass is 9.97. The molecule has 1 aromatic carbocycles. The molecule has 34 heavy (non-hydrogen) atoms. The molecule has 0 bridgehead atoms. The van der Waals surface area contributed by atoms with Crippen LogP contribution in [0.25, 0.3) is 0 Å². The number of hydroxylamine groups is 2. The quantitative estimate of drug-likeness (QED) is 0.576. The third-order valence-corrected chi connectivity index (χ3v) is 6.43. The summed E-state index contributed by atoms with van der Waals surface area (Å²) in [6.45, 7) is 7.52. The Morgan fingerprint density at radius 2 is 1.82 bits per heavy atom. The van der Waals surface area contributed by atoms with Crippen molar-refractivity contribution in [3.63, 3.8) is 0 Å². The van der Waals surface area contributed by atoms with Crippen molar-refractivity contribution in [1.29, 1.82) is 0 Å². The molecule has 0 saturated carbocycles. The van der Waals surface area contributed by atoms with Gasteiger partial charge in [0.05, 0.1) is 4.90 Å². The third kappa shape index (κ3) is 7.84. The molecule has 1 saturated heterocycles. The Kier molecular flexibility index (Phi) is 7.98. The largest absolute Gasteiger partial charge is 0.528 e. The van der Waals surface area contributed by atoms with Crippen molar-refractivity contribution >= 4 is 33.3 Å². The van der Waals surface area contributed by atoms with Crippen LogP contribution in [0.5, 0.6) is 0 Å². The maximum Gasteiger partial charge on any atom is 0.528 e. The highest BCUT2D eigenvalue weighted by Crippen LogP contribution is 2.23. The molecule has 1 fully saturated rings. The molecule has 3 rings (SSSR count). The summed E-state index contributed by atoms with van der Waals surface area (Å²) >= 11 is 0. The fraction of sp³-hybridized carbons (Fsp3) is 0.522. The van der Waals surface area contributed by atoms with E-state index in [4.69, 9.17) is 9.57 Å². The molecule has 0 atom stereocenters. The minimum Gasteiger partial charge on any atom is -0.427 e. The molecule has 0 aliphatic carbocycles. The summed E-state index contributed by atoms with van der Waals surface area (Å²) in [6, 6.07) is 8.38. The number of benzene rings is 1. The lowest BCUT2D eigenvalue weighted by molar-refractivity contribution is -0.154. The van der Waals surface area contributed by atoms with Crippen LogP contribution in [0.3, 0.4) is 0 Å². The van der Waals surface area contributed by atoms with Crippen molar-refractivity contribution in [2.75, 3.05) is 43.2 Å². The van der Waals surface area contributed by atoms with Gasteiger partial charge in [0.1, 0.15) is 23.6 Å². The number of aromatic nitrogens is 2. The van der Waals surface area contributed by atoms with E-state index >= 15 is 0 Å². The molecule has 0 unspecified atom stereocenters. The Morgan fingerprint density at radius 1 is 1.18 bits per heavy atom. The normalized spacial score (nSPS) is 15.6. The number of anilines is 3. The summed E-state index contributed by atoms with van der Waals surface area (Å²) in [5, 5.41) is 4.84. The number of nitrogens with zero attached hydrogens (tertiary/aromatic N) is 4. The molecule has 1 aliphatic heterocycles. The van der Waals surface area contributed by atoms with Crippen molar-refractivity contribution in [3.05, 3.63) is 36.7 Å². The van der Waals surface area contributed by atoms with E-state index in [2.05, 4.69) is 20.2 Å². The van der Waals surface area contributed by atoms with Gasteiger partial charge in [-0.3, -0.25) is 0 Å². The van der Waals surface area contributed by atoms with Crippen LogP contribution in [0.2, 0.25) is 0 Å². The number of piperidine rings is 1. The van der Waals surface area contributed by atoms with Gasteiger partial charge in [-0.2, -0.15) is 0 Å². The summed E-state index contributed by atoms with van der Waals surface area (Å²) in [6.07, 6.45) is 3.78. The molecule has 0 spiro atoms. The average molecular weight is 492 g/mol. The molecule has 11 heteroatoms. The highest BCUT2D eigenvalue weighted by Gasteiger charge is 2.26. The van der Waals surface area contributed by atoms with Gasteiger partial charge in [0.15, 0.2) is 9.84 Å². The van der Waals surface area contributed by atoms with E-state index in [0.29, 0.717) is 24.8 Å². The van der Waals surface area contributed by atoms with Crippen LogP contribution < -0.4 is 10.2 Å². The Balaban J connectivity index is 1.51. The van der Waals surface area contributed by atoms with Gasteiger partial charge < -0.3 is 19.8 Å². The molecule has 186 valence electrons. The van der Waals surface area contributed by atoms with Gasteiger partial charge in [-0.15, -0.1) is 5.06 Å². The van der Waals surface area contributed by atoms with Gasteiger partial charge in [-0.1, -0.05) is 0 Å². The first-order valence-corrected chi connectivity index (χ1v) is 13.0. The Hall–Kier alpha value is -2.92. The highest BCUT2D eigenvalue weighted by molar-refractivity contribution is 7.90. The van der Waals surface area contributed by atoms with Gasteiger partial charge in [0.2, 0.25) is 0 Å². The van der Waals surface area contributed by atoms with Gasteiger partial charge in [0.25, 0.3) is 0 Å². The zero-order chi connectivity index (χ0) is 24.9. The number of ether oxygens (including phenoxy) is 1.